The fourth-order valence-corrected chi connectivity index (χ4v) is 5.17. The molecule has 1 aliphatic heterocycles. The summed E-state index contributed by atoms with van der Waals surface area (Å²) < 4.78 is 0. The zero-order chi connectivity index (χ0) is 24.2. The number of hydrogen-bond donors (Lipinski definition) is 2. The lowest BCUT2D eigenvalue weighted by atomic mass is 10.0. The van der Waals surface area contributed by atoms with Gasteiger partial charge in [-0.25, -0.2) is 4.98 Å². The van der Waals surface area contributed by atoms with Crippen LogP contribution in [0.3, 0.4) is 0 Å². The predicted octanol–water partition coefficient (Wildman–Crippen LogP) is 6.18. The SMILES string of the molecule is Cc1ccc(Cl)cc1CN1CCNc2ncc(-c3ccc(C(=O)NCCc4cccs4)cc3)cc21. The number of aryl methyl sites for hydroxylation is 1. The van der Waals surface area contributed by atoms with Crippen LogP contribution in [0.5, 0.6) is 0 Å². The standard InChI is InChI=1S/C28H27ClN4OS/c1-19-4-9-24(29)15-23(19)18-33-13-12-30-27-26(33)16-22(17-32-27)20-5-7-21(8-6-20)28(34)31-11-10-25-3-2-14-35-25/h2-9,14-17H,10-13,18H2,1H3,(H,30,32)(H,31,34). The minimum absolute atomic E-state index is 0.0519. The van der Waals surface area contributed by atoms with Crippen molar-refractivity contribution in [2.75, 3.05) is 29.9 Å². The normalized spacial score (nSPS) is 12.7. The van der Waals surface area contributed by atoms with Gasteiger partial charge in [0, 0.05) is 53.4 Å². The highest BCUT2D eigenvalue weighted by Gasteiger charge is 2.20. The monoisotopic (exact) mass is 502 g/mol. The molecule has 0 aliphatic carbocycles. The van der Waals surface area contributed by atoms with Crippen molar-refractivity contribution < 1.29 is 4.79 Å². The first kappa shape index (κ1) is 23.4. The topological polar surface area (TPSA) is 57.3 Å². The fraction of sp³-hybridized carbons (Fsp3) is 0.214. The lowest BCUT2D eigenvalue weighted by Gasteiger charge is -2.32. The minimum Gasteiger partial charge on any atom is -0.367 e. The Balaban J connectivity index is 1.30. The molecule has 0 atom stereocenters. The molecule has 4 aromatic rings. The second-order valence-corrected chi connectivity index (χ2v) is 10.1. The number of thiophene rings is 1. The van der Waals surface area contributed by atoms with Crippen LogP contribution in [0.25, 0.3) is 11.1 Å². The van der Waals surface area contributed by atoms with E-state index in [-0.39, 0.29) is 5.91 Å². The Bertz CT molecular complexity index is 1320. The van der Waals surface area contributed by atoms with Crippen molar-refractivity contribution in [3.8, 4) is 11.1 Å². The molecular formula is C28H27ClN4OS. The second kappa shape index (κ2) is 10.5. The van der Waals surface area contributed by atoms with Crippen molar-refractivity contribution in [3.63, 3.8) is 0 Å². The van der Waals surface area contributed by atoms with Crippen LogP contribution in [0.15, 0.2) is 72.2 Å². The summed E-state index contributed by atoms with van der Waals surface area (Å²) in [5.41, 5.74) is 6.21. The molecule has 2 N–H and O–H groups in total. The Labute approximate surface area is 214 Å². The Kier molecular flexibility index (Phi) is 7.02. The van der Waals surface area contributed by atoms with Gasteiger partial charge in [0.05, 0.1) is 5.69 Å². The summed E-state index contributed by atoms with van der Waals surface area (Å²) in [6.45, 7) is 5.24. The largest absolute Gasteiger partial charge is 0.367 e. The molecule has 5 rings (SSSR count). The third-order valence-electron chi connectivity index (χ3n) is 6.27. The summed E-state index contributed by atoms with van der Waals surface area (Å²) in [4.78, 5) is 20.8. The quantitative estimate of drug-likeness (QED) is 0.317. The highest BCUT2D eigenvalue weighted by molar-refractivity contribution is 7.09. The number of anilines is 2. The molecule has 0 spiro atoms. The van der Waals surface area contributed by atoms with Gasteiger partial charge >= 0.3 is 0 Å². The maximum Gasteiger partial charge on any atom is 0.251 e. The summed E-state index contributed by atoms with van der Waals surface area (Å²) in [5.74, 6) is 0.838. The smallest absolute Gasteiger partial charge is 0.251 e. The van der Waals surface area contributed by atoms with E-state index in [1.807, 2.05) is 48.7 Å². The number of carbonyl (C=O) groups excluding carboxylic acids is 1. The summed E-state index contributed by atoms with van der Waals surface area (Å²) in [5, 5.41) is 9.22. The summed E-state index contributed by atoms with van der Waals surface area (Å²) in [6.07, 6.45) is 2.73. The molecule has 1 amide bonds. The highest BCUT2D eigenvalue weighted by Crippen LogP contribution is 2.33. The number of fused-ring (bicyclic) bond motifs is 1. The van der Waals surface area contributed by atoms with Crippen molar-refractivity contribution >= 4 is 40.4 Å². The van der Waals surface area contributed by atoms with Crippen LogP contribution >= 0.6 is 22.9 Å². The molecule has 35 heavy (non-hydrogen) atoms. The molecule has 0 bridgehead atoms. The van der Waals surface area contributed by atoms with E-state index in [9.17, 15) is 4.79 Å². The average molecular weight is 503 g/mol. The first-order valence-corrected chi connectivity index (χ1v) is 13.0. The number of amides is 1. The molecule has 0 radical (unpaired) electrons. The number of carbonyl (C=O) groups is 1. The van der Waals surface area contributed by atoms with E-state index >= 15 is 0 Å². The lowest BCUT2D eigenvalue weighted by Crippen LogP contribution is -2.34. The summed E-state index contributed by atoms with van der Waals surface area (Å²) >= 11 is 7.97. The minimum atomic E-state index is -0.0519. The molecule has 0 fully saturated rings. The van der Waals surface area contributed by atoms with Gasteiger partial charge in [-0.3, -0.25) is 4.79 Å². The van der Waals surface area contributed by atoms with Crippen LogP contribution in [-0.4, -0.2) is 30.5 Å². The van der Waals surface area contributed by atoms with Crippen molar-refractivity contribution in [2.45, 2.75) is 19.9 Å². The molecule has 5 nitrogen and oxygen atoms in total. The van der Waals surface area contributed by atoms with Gasteiger partial charge in [0.15, 0.2) is 0 Å². The van der Waals surface area contributed by atoms with E-state index in [1.54, 1.807) is 11.3 Å². The van der Waals surface area contributed by atoms with Gasteiger partial charge in [0.1, 0.15) is 5.82 Å². The number of benzene rings is 2. The van der Waals surface area contributed by atoms with E-state index in [1.165, 1.54) is 16.0 Å². The van der Waals surface area contributed by atoms with Gasteiger partial charge in [-0.15, -0.1) is 11.3 Å². The van der Waals surface area contributed by atoms with Crippen LogP contribution in [0.2, 0.25) is 5.02 Å². The van der Waals surface area contributed by atoms with Gasteiger partial charge < -0.3 is 15.5 Å². The first-order valence-electron chi connectivity index (χ1n) is 11.7. The van der Waals surface area contributed by atoms with E-state index in [0.29, 0.717) is 12.1 Å². The van der Waals surface area contributed by atoms with Crippen molar-refractivity contribution in [3.05, 3.63) is 98.8 Å². The molecule has 2 aromatic carbocycles. The van der Waals surface area contributed by atoms with Crippen molar-refractivity contribution in [1.29, 1.82) is 0 Å². The van der Waals surface area contributed by atoms with E-state index in [0.717, 1.165) is 53.7 Å². The van der Waals surface area contributed by atoms with Crippen LogP contribution < -0.4 is 15.5 Å². The highest BCUT2D eigenvalue weighted by atomic mass is 35.5. The zero-order valence-electron chi connectivity index (χ0n) is 19.6. The fourth-order valence-electron chi connectivity index (χ4n) is 4.27. The number of aromatic nitrogens is 1. The van der Waals surface area contributed by atoms with E-state index < -0.39 is 0 Å². The van der Waals surface area contributed by atoms with Crippen molar-refractivity contribution in [1.82, 2.24) is 10.3 Å². The molecule has 178 valence electrons. The summed E-state index contributed by atoms with van der Waals surface area (Å²) in [6, 6.07) is 20.0. The second-order valence-electron chi connectivity index (χ2n) is 8.67. The van der Waals surface area contributed by atoms with Crippen LogP contribution in [-0.2, 0) is 13.0 Å². The number of nitrogens with zero attached hydrogens (tertiary/aromatic N) is 2. The first-order chi connectivity index (χ1) is 17.1. The molecular weight excluding hydrogens is 476 g/mol. The molecule has 3 heterocycles. The molecule has 0 unspecified atom stereocenters. The van der Waals surface area contributed by atoms with Gasteiger partial charge in [-0.05, 0) is 71.8 Å². The number of pyridine rings is 1. The Morgan fingerprint density at radius 2 is 2.00 bits per heavy atom. The van der Waals surface area contributed by atoms with Gasteiger partial charge in [-0.1, -0.05) is 35.9 Å². The Hall–Kier alpha value is -3.35. The Morgan fingerprint density at radius 3 is 2.80 bits per heavy atom. The van der Waals surface area contributed by atoms with Crippen LogP contribution in [0.1, 0.15) is 26.4 Å². The van der Waals surface area contributed by atoms with E-state index in [2.05, 4.69) is 46.0 Å². The number of halogens is 1. The number of nitrogens with one attached hydrogen (secondary N) is 2. The van der Waals surface area contributed by atoms with Crippen LogP contribution in [0, 0.1) is 6.92 Å². The van der Waals surface area contributed by atoms with E-state index in [4.69, 9.17) is 16.6 Å². The predicted molar refractivity (Wildman–Crippen MR) is 146 cm³/mol. The maximum absolute atomic E-state index is 12.5. The Morgan fingerprint density at radius 1 is 1.14 bits per heavy atom. The zero-order valence-corrected chi connectivity index (χ0v) is 21.1. The molecule has 0 saturated carbocycles. The van der Waals surface area contributed by atoms with Gasteiger partial charge in [0.2, 0.25) is 0 Å². The average Bonchev–Trinajstić information content (AvgIpc) is 3.40. The summed E-state index contributed by atoms with van der Waals surface area (Å²) in [7, 11) is 0. The van der Waals surface area contributed by atoms with Gasteiger partial charge in [0.25, 0.3) is 5.91 Å². The van der Waals surface area contributed by atoms with Crippen molar-refractivity contribution in [2.24, 2.45) is 0 Å². The van der Waals surface area contributed by atoms with Crippen LogP contribution in [0.4, 0.5) is 11.5 Å². The number of hydrogen-bond acceptors (Lipinski definition) is 5. The molecule has 2 aromatic heterocycles. The lowest BCUT2D eigenvalue weighted by molar-refractivity contribution is 0.0954. The maximum atomic E-state index is 12.5. The number of rotatable bonds is 7. The third-order valence-corrected chi connectivity index (χ3v) is 7.44. The third kappa shape index (κ3) is 5.50. The molecule has 7 heteroatoms. The molecule has 1 aliphatic rings. The molecule has 0 saturated heterocycles. The van der Waals surface area contributed by atoms with Gasteiger partial charge in [-0.2, -0.15) is 0 Å².